The van der Waals surface area contributed by atoms with E-state index < -0.39 is 0 Å². The molecule has 3 rings (SSSR count). The van der Waals surface area contributed by atoms with Gasteiger partial charge in [0.1, 0.15) is 11.9 Å². The summed E-state index contributed by atoms with van der Waals surface area (Å²) in [6.07, 6.45) is 6.92. The van der Waals surface area contributed by atoms with Crippen LogP contribution in [0, 0.1) is 12.3 Å². The number of aliphatic hydroxyl groups excluding tert-OH is 1. The standard InChI is InChI=1S/C16H22O2/c1-12-5-7-13(8-6-12)18-15-11-14(17)16(15)9-3-2-4-10-16/h5-8,14-15,17H,2-4,9-11H2,1H3. The van der Waals surface area contributed by atoms with Gasteiger partial charge >= 0.3 is 0 Å². The van der Waals surface area contributed by atoms with E-state index in [2.05, 4.69) is 19.1 Å². The molecular formula is C16H22O2. The zero-order valence-corrected chi connectivity index (χ0v) is 11.1. The van der Waals surface area contributed by atoms with Crippen LogP contribution in [0.4, 0.5) is 0 Å². The number of aryl methyl sites for hydroxylation is 1. The molecule has 2 aliphatic carbocycles. The van der Waals surface area contributed by atoms with E-state index >= 15 is 0 Å². The molecule has 98 valence electrons. The third kappa shape index (κ3) is 1.93. The number of hydrogen-bond acceptors (Lipinski definition) is 2. The Bertz CT molecular complexity index is 404. The molecule has 2 heteroatoms. The summed E-state index contributed by atoms with van der Waals surface area (Å²) in [5, 5.41) is 10.1. The first-order valence-electron chi connectivity index (χ1n) is 7.12. The van der Waals surface area contributed by atoms with Crippen molar-refractivity contribution >= 4 is 0 Å². The van der Waals surface area contributed by atoms with Crippen molar-refractivity contribution in [2.75, 3.05) is 0 Å². The molecule has 2 saturated carbocycles. The Morgan fingerprint density at radius 2 is 1.78 bits per heavy atom. The minimum Gasteiger partial charge on any atom is -0.490 e. The summed E-state index contributed by atoms with van der Waals surface area (Å²) in [5.41, 5.74) is 1.31. The molecular weight excluding hydrogens is 224 g/mol. The molecule has 0 bridgehead atoms. The number of benzene rings is 1. The molecule has 2 aliphatic rings. The molecule has 0 heterocycles. The molecule has 2 fully saturated rings. The molecule has 0 aliphatic heterocycles. The lowest BCUT2D eigenvalue weighted by atomic mass is 9.56. The van der Waals surface area contributed by atoms with Gasteiger partial charge in [0.25, 0.3) is 0 Å². The zero-order chi connectivity index (χ0) is 12.6. The Morgan fingerprint density at radius 3 is 2.39 bits per heavy atom. The third-order valence-electron chi connectivity index (χ3n) is 4.83. The Balaban J connectivity index is 1.71. The van der Waals surface area contributed by atoms with E-state index in [0.29, 0.717) is 0 Å². The van der Waals surface area contributed by atoms with E-state index in [1.165, 1.54) is 24.8 Å². The maximum atomic E-state index is 10.1. The van der Waals surface area contributed by atoms with Gasteiger partial charge in [0.05, 0.1) is 6.10 Å². The Kier molecular flexibility index (Phi) is 3.06. The first kappa shape index (κ1) is 12.0. The van der Waals surface area contributed by atoms with Crippen LogP contribution in [0.15, 0.2) is 24.3 Å². The highest BCUT2D eigenvalue weighted by molar-refractivity contribution is 5.27. The average molecular weight is 246 g/mol. The van der Waals surface area contributed by atoms with E-state index in [0.717, 1.165) is 25.0 Å². The van der Waals surface area contributed by atoms with Gasteiger partial charge in [-0.2, -0.15) is 0 Å². The number of ether oxygens (including phenoxy) is 1. The SMILES string of the molecule is Cc1ccc(OC2CC(O)C23CCCCC3)cc1. The maximum absolute atomic E-state index is 10.1. The van der Waals surface area contributed by atoms with Crippen LogP contribution in [-0.2, 0) is 0 Å². The van der Waals surface area contributed by atoms with Crippen molar-refractivity contribution in [1.82, 2.24) is 0 Å². The van der Waals surface area contributed by atoms with E-state index in [9.17, 15) is 5.11 Å². The summed E-state index contributed by atoms with van der Waals surface area (Å²) >= 11 is 0. The van der Waals surface area contributed by atoms with Crippen molar-refractivity contribution in [3.63, 3.8) is 0 Å². The summed E-state index contributed by atoms with van der Waals surface area (Å²) in [6, 6.07) is 8.24. The number of rotatable bonds is 2. The summed E-state index contributed by atoms with van der Waals surface area (Å²) in [4.78, 5) is 0. The second kappa shape index (κ2) is 4.58. The molecule has 2 atom stereocenters. The van der Waals surface area contributed by atoms with Crippen LogP contribution in [0.5, 0.6) is 5.75 Å². The van der Waals surface area contributed by atoms with Crippen molar-refractivity contribution in [2.24, 2.45) is 5.41 Å². The number of hydrogen-bond donors (Lipinski definition) is 1. The normalized spacial score (nSPS) is 29.9. The second-order valence-corrected chi connectivity index (χ2v) is 5.96. The molecule has 1 N–H and O–H groups in total. The van der Waals surface area contributed by atoms with Crippen LogP contribution in [0.1, 0.15) is 44.1 Å². The van der Waals surface area contributed by atoms with Crippen LogP contribution in [0.3, 0.4) is 0 Å². The molecule has 18 heavy (non-hydrogen) atoms. The van der Waals surface area contributed by atoms with Crippen LogP contribution in [-0.4, -0.2) is 17.3 Å². The highest BCUT2D eigenvalue weighted by atomic mass is 16.5. The lowest BCUT2D eigenvalue weighted by Crippen LogP contribution is -2.60. The van der Waals surface area contributed by atoms with Gasteiger partial charge < -0.3 is 9.84 Å². The fourth-order valence-electron chi connectivity index (χ4n) is 3.54. The molecule has 0 saturated heterocycles. The van der Waals surface area contributed by atoms with Crippen molar-refractivity contribution in [1.29, 1.82) is 0 Å². The highest BCUT2D eigenvalue weighted by Gasteiger charge is 2.56. The third-order valence-corrected chi connectivity index (χ3v) is 4.83. The van der Waals surface area contributed by atoms with Crippen molar-refractivity contribution in [3.05, 3.63) is 29.8 Å². The van der Waals surface area contributed by atoms with Crippen LogP contribution in [0.25, 0.3) is 0 Å². The monoisotopic (exact) mass is 246 g/mol. The van der Waals surface area contributed by atoms with Gasteiger partial charge in [0, 0.05) is 11.8 Å². The average Bonchev–Trinajstić information content (AvgIpc) is 2.42. The smallest absolute Gasteiger partial charge is 0.119 e. The Labute approximate surface area is 109 Å². The van der Waals surface area contributed by atoms with E-state index in [1.54, 1.807) is 0 Å². The van der Waals surface area contributed by atoms with E-state index in [4.69, 9.17) is 4.74 Å². The Hall–Kier alpha value is -1.02. The van der Waals surface area contributed by atoms with Crippen molar-refractivity contribution < 1.29 is 9.84 Å². The zero-order valence-electron chi connectivity index (χ0n) is 11.1. The molecule has 2 nitrogen and oxygen atoms in total. The summed E-state index contributed by atoms with van der Waals surface area (Å²) in [6.45, 7) is 2.08. The van der Waals surface area contributed by atoms with E-state index in [1.807, 2.05) is 12.1 Å². The quantitative estimate of drug-likeness (QED) is 0.866. The topological polar surface area (TPSA) is 29.5 Å². The van der Waals surface area contributed by atoms with Gasteiger partial charge in [-0.05, 0) is 31.9 Å². The maximum Gasteiger partial charge on any atom is 0.119 e. The van der Waals surface area contributed by atoms with Gasteiger partial charge in [-0.1, -0.05) is 37.0 Å². The number of aliphatic hydroxyl groups is 1. The molecule has 0 aromatic heterocycles. The van der Waals surface area contributed by atoms with Gasteiger partial charge in [-0.25, -0.2) is 0 Å². The van der Waals surface area contributed by atoms with Gasteiger partial charge in [-0.3, -0.25) is 0 Å². The van der Waals surface area contributed by atoms with Crippen molar-refractivity contribution in [3.8, 4) is 5.75 Å². The summed E-state index contributed by atoms with van der Waals surface area (Å²) in [7, 11) is 0. The molecule has 1 spiro atoms. The Morgan fingerprint density at radius 1 is 1.11 bits per heavy atom. The first-order chi connectivity index (χ1) is 8.71. The fourth-order valence-corrected chi connectivity index (χ4v) is 3.54. The molecule has 1 aromatic rings. The predicted octanol–water partition coefficient (Wildman–Crippen LogP) is 3.46. The van der Waals surface area contributed by atoms with Gasteiger partial charge in [-0.15, -0.1) is 0 Å². The largest absolute Gasteiger partial charge is 0.490 e. The van der Waals surface area contributed by atoms with Gasteiger partial charge in [0.15, 0.2) is 0 Å². The van der Waals surface area contributed by atoms with Crippen LogP contribution >= 0.6 is 0 Å². The van der Waals surface area contributed by atoms with E-state index in [-0.39, 0.29) is 17.6 Å². The molecule has 2 unspecified atom stereocenters. The predicted molar refractivity (Wildman–Crippen MR) is 71.7 cm³/mol. The summed E-state index contributed by atoms with van der Waals surface area (Å²) < 4.78 is 6.11. The highest BCUT2D eigenvalue weighted by Crippen LogP contribution is 2.53. The van der Waals surface area contributed by atoms with Gasteiger partial charge in [0.2, 0.25) is 0 Å². The summed E-state index contributed by atoms with van der Waals surface area (Å²) in [5.74, 6) is 0.947. The first-order valence-corrected chi connectivity index (χ1v) is 7.12. The van der Waals surface area contributed by atoms with Crippen LogP contribution < -0.4 is 4.74 Å². The van der Waals surface area contributed by atoms with Crippen LogP contribution in [0.2, 0.25) is 0 Å². The molecule has 0 radical (unpaired) electrons. The van der Waals surface area contributed by atoms with Crippen molar-refractivity contribution in [2.45, 2.75) is 57.7 Å². The minimum absolute atomic E-state index is 0.0587. The lowest BCUT2D eigenvalue weighted by molar-refractivity contribution is -0.172. The fraction of sp³-hybridized carbons (Fsp3) is 0.625. The molecule has 0 amide bonds. The lowest BCUT2D eigenvalue weighted by Gasteiger charge is -2.55. The molecule has 1 aromatic carbocycles. The minimum atomic E-state index is -0.145. The second-order valence-electron chi connectivity index (χ2n) is 5.96.